The van der Waals surface area contributed by atoms with E-state index in [9.17, 15) is 4.79 Å². The maximum Gasteiger partial charge on any atom is 0.252 e. The van der Waals surface area contributed by atoms with Gasteiger partial charge in [0.1, 0.15) is 0 Å². The van der Waals surface area contributed by atoms with Gasteiger partial charge in [-0.3, -0.25) is 4.79 Å². The van der Waals surface area contributed by atoms with Crippen molar-refractivity contribution in [3.63, 3.8) is 0 Å². The second-order valence-corrected chi connectivity index (χ2v) is 4.85. The van der Waals surface area contributed by atoms with Crippen molar-refractivity contribution in [1.82, 2.24) is 10.6 Å². The fourth-order valence-corrected chi connectivity index (χ4v) is 2.40. The molecule has 0 aromatic heterocycles. The number of hydrogen-bond donors (Lipinski definition) is 2. The molecule has 1 aliphatic rings. The molecule has 0 spiro atoms. The molecule has 1 fully saturated rings. The zero-order valence-electron chi connectivity index (χ0n) is 9.57. The maximum atomic E-state index is 12.1. The molecule has 17 heavy (non-hydrogen) atoms. The minimum atomic E-state index is -0.0757. The Hall–Kier alpha value is -0.910. The molecule has 0 radical (unpaired) electrons. The van der Waals surface area contributed by atoms with Crippen LogP contribution in [0.3, 0.4) is 0 Å². The summed E-state index contributed by atoms with van der Waals surface area (Å²) in [5.41, 5.74) is 0.647. The average Bonchev–Trinajstić information content (AvgIpc) is 2.76. The van der Waals surface area contributed by atoms with Gasteiger partial charge >= 0.3 is 0 Å². The predicted molar refractivity (Wildman–Crippen MR) is 69.1 cm³/mol. The van der Waals surface area contributed by atoms with Crippen molar-refractivity contribution in [1.29, 1.82) is 0 Å². The van der Waals surface area contributed by atoms with Crippen LogP contribution in [0.2, 0.25) is 0 Å². The molecule has 1 aromatic carbocycles. The second kappa shape index (κ2) is 5.62. The fraction of sp³-hybridized carbons (Fsp3) is 0.417. The molecule has 4 nitrogen and oxygen atoms in total. The third-order valence-corrected chi connectivity index (χ3v) is 3.59. The van der Waals surface area contributed by atoms with Crippen LogP contribution in [0, 0.1) is 0 Å². The molecule has 5 heteroatoms. The number of ether oxygens (including phenoxy) is 1. The van der Waals surface area contributed by atoms with Gasteiger partial charge in [-0.15, -0.1) is 0 Å². The Morgan fingerprint density at radius 3 is 2.94 bits per heavy atom. The summed E-state index contributed by atoms with van der Waals surface area (Å²) < 4.78 is 6.10. The Kier molecular flexibility index (Phi) is 4.15. The van der Waals surface area contributed by atoms with Crippen LogP contribution in [0.15, 0.2) is 28.7 Å². The molecule has 2 atom stereocenters. The molecule has 0 aliphatic carbocycles. The summed E-state index contributed by atoms with van der Waals surface area (Å²) in [5.74, 6) is -0.0757. The first-order valence-corrected chi connectivity index (χ1v) is 6.30. The van der Waals surface area contributed by atoms with Crippen LogP contribution < -0.4 is 10.6 Å². The largest absolute Gasteiger partial charge is 0.378 e. The number of methoxy groups -OCH3 is 1. The molecular weight excluding hydrogens is 284 g/mol. The van der Waals surface area contributed by atoms with E-state index in [0.717, 1.165) is 17.6 Å². The number of rotatable bonds is 3. The zero-order chi connectivity index (χ0) is 12.3. The van der Waals surface area contributed by atoms with E-state index in [0.29, 0.717) is 5.56 Å². The summed E-state index contributed by atoms with van der Waals surface area (Å²) in [6, 6.07) is 7.41. The number of hydrogen-bond acceptors (Lipinski definition) is 3. The Morgan fingerprint density at radius 1 is 1.47 bits per heavy atom. The van der Waals surface area contributed by atoms with Gasteiger partial charge in [0, 0.05) is 24.7 Å². The van der Waals surface area contributed by atoms with Crippen molar-refractivity contribution in [2.75, 3.05) is 20.2 Å². The van der Waals surface area contributed by atoms with Gasteiger partial charge in [-0.25, -0.2) is 0 Å². The lowest BCUT2D eigenvalue weighted by Gasteiger charge is -2.18. The highest BCUT2D eigenvalue weighted by Gasteiger charge is 2.28. The van der Waals surface area contributed by atoms with Crippen LogP contribution >= 0.6 is 15.9 Å². The minimum absolute atomic E-state index is 0.0274. The van der Waals surface area contributed by atoms with Crippen LogP contribution in [-0.2, 0) is 4.74 Å². The first-order chi connectivity index (χ1) is 8.22. The third kappa shape index (κ3) is 2.86. The van der Waals surface area contributed by atoms with Crippen LogP contribution in [0.25, 0.3) is 0 Å². The Labute approximate surface area is 109 Å². The van der Waals surface area contributed by atoms with Crippen LogP contribution in [0.5, 0.6) is 0 Å². The normalized spacial score (nSPS) is 23.6. The van der Waals surface area contributed by atoms with E-state index < -0.39 is 0 Å². The average molecular weight is 299 g/mol. The van der Waals surface area contributed by atoms with E-state index in [-0.39, 0.29) is 18.1 Å². The number of carbonyl (C=O) groups is 1. The third-order valence-electron chi connectivity index (χ3n) is 2.90. The molecule has 1 aromatic rings. The van der Waals surface area contributed by atoms with Gasteiger partial charge in [-0.1, -0.05) is 12.1 Å². The van der Waals surface area contributed by atoms with Gasteiger partial charge in [0.25, 0.3) is 5.91 Å². The second-order valence-electron chi connectivity index (χ2n) is 3.99. The van der Waals surface area contributed by atoms with E-state index in [1.807, 2.05) is 18.2 Å². The van der Waals surface area contributed by atoms with Crippen LogP contribution in [0.1, 0.15) is 10.4 Å². The summed E-state index contributed by atoms with van der Waals surface area (Å²) in [7, 11) is 1.66. The summed E-state index contributed by atoms with van der Waals surface area (Å²) in [6.45, 7) is 1.52. The summed E-state index contributed by atoms with van der Waals surface area (Å²) in [5, 5.41) is 6.17. The van der Waals surface area contributed by atoms with Crippen LogP contribution in [-0.4, -0.2) is 38.3 Å². The topological polar surface area (TPSA) is 50.4 Å². The number of carbonyl (C=O) groups excluding carboxylic acids is 1. The molecule has 0 saturated carbocycles. The van der Waals surface area contributed by atoms with Gasteiger partial charge in [0.05, 0.1) is 17.7 Å². The van der Waals surface area contributed by atoms with E-state index in [2.05, 4.69) is 26.6 Å². The minimum Gasteiger partial charge on any atom is -0.378 e. The van der Waals surface area contributed by atoms with Crippen molar-refractivity contribution in [2.45, 2.75) is 12.1 Å². The first kappa shape index (κ1) is 12.5. The zero-order valence-corrected chi connectivity index (χ0v) is 11.2. The molecule has 1 amide bonds. The van der Waals surface area contributed by atoms with E-state index >= 15 is 0 Å². The maximum absolute atomic E-state index is 12.1. The Bertz CT molecular complexity index is 411. The number of amides is 1. The van der Waals surface area contributed by atoms with Crippen molar-refractivity contribution >= 4 is 21.8 Å². The SMILES string of the molecule is CO[C@H]1CNCC1NC(=O)c1ccccc1Br. The lowest BCUT2D eigenvalue weighted by Crippen LogP contribution is -2.43. The summed E-state index contributed by atoms with van der Waals surface area (Å²) in [4.78, 5) is 12.1. The lowest BCUT2D eigenvalue weighted by molar-refractivity contribution is 0.0779. The van der Waals surface area contributed by atoms with Gasteiger partial charge in [-0.2, -0.15) is 0 Å². The molecule has 2 rings (SSSR count). The van der Waals surface area contributed by atoms with Crippen LogP contribution in [0.4, 0.5) is 0 Å². The lowest BCUT2D eigenvalue weighted by atomic mass is 10.1. The molecule has 0 bridgehead atoms. The highest BCUT2D eigenvalue weighted by molar-refractivity contribution is 9.10. The highest BCUT2D eigenvalue weighted by Crippen LogP contribution is 2.16. The van der Waals surface area contributed by atoms with E-state index in [1.54, 1.807) is 13.2 Å². The Morgan fingerprint density at radius 2 is 2.24 bits per heavy atom. The standard InChI is InChI=1S/C12H15BrN2O2/c1-17-11-7-14-6-10(11)15-12(16)8-4-2-3-5-9(8)13/h2-5,10-11,14H,6-7H2,1H3,(H,15,16)/t10?,11-/m0/s1. The number of halogens is 1. The molecule has 1 unspecified atom stereocenters. The highest BCUT2D eigenvalue weighted by atomic mass is 79.9. The first-order valence-electron chi connectivity index (χ1n) is 5.51. The smallest absolute Gasteiger partial charge is 0.252 e. The molecule has 2 N–H and O–H groups in total. The number of nitrogens with one attached hydrogen (secondary N) is 2. The fourth-order valence-electron chi connectivity index (χ4n) is 1.94. The molecule has 92 valence electrons. The Balaban J connectivity index is 2.04. The van der Waals surface area contributed by atoms with Gasteiger partial charge < -0.3 is 15.4 Å². The quantitative estimate of drug-likeness (QED) is 0.881. The van der Waals surface area contributed by atoms with E-state index in [1.165, 1.54) is 0 Å². The monoisotopic (exact) mass is 298 g/mol. The summed E-state index contributed by atoms with van der Waals surface area (Å²) >= 11 is 3.37. The van der Waals surface area contributed by atoms with Gasteiger partial charge in [0.2, 0.25) is 0 Å². The van der Waals surface area contributed by atoms with Gasteiger partial charge in [-0.05, 0) is 28.1 Å². The van der Waals surface area contributed by atoms with Gasteiger partial charge in [0.15, 0.2) is 0 Å². The predicted octanol–water partition coefficient (Wildman–Crippen LogP) is 1.17. The van der Waals surface area contributed by atoms with Crippen molar-refractivity contribution in [3.05, 3.63) is 34.3 Å². The van der Waals surface area contributed by atoms with E-state index in [4.69, 9.17) is 4.74 Å². The number of benzene rings is 1. The molecule has 1 saturated heterocycles. The summed E-state index contributed by atoms with van der Waals surface area (Å²) in [6.07, 6.45) is 0.0430. The molecular formula is C12H15BrN2O2. The van der Waals surface area contributed by atoms with Crippen molar-refractivity contribution in [2.24, 2.45) is 0 Å². The van der Waals surface area contributed by atoms with Crippen molar-refractivity contribution in [3.8, 4) is 0 Å². The van der Waals surface area contributed by atoms with Crippen molar-refractivity contribution < 1.29 is 9.53 Å². The molecule has 1 aliphatic heterocycles. The molecule has 1 heterocycles.